The lowest BCUT2D eigenvalue weighted by atomic mass is 10.0. The molecule has 1 heterocycles. The highest BCUT2D eigenvalue weighted by atomic mass is 35.5. The summed E-state index contributed by atoms with van der Waals surface area (Å²) >= 11 is 7.20. The minimum absolute atomic E-state index is 0.117. The summed E-state index contributed by atoms with van der Waals surface area (Å²) in [6.07, 6.45) is 0. The van der Waals surface area contributed by atoms with Gasteiger partial charge < -0.3 is 15.2 Å². The van der Waals surface area contributed by atoms with Gasteiger partial charge in [-0.15, -0.1) is 10.2 Å². The minimum Gasteiger partial charge on any atom is -0.342 e. The SMILES string of the molecule is CCn1c(SCC(=O)Nc2ccc(C(C)C)cc2)nnc1[C@@H](C)NC(=O)c1ccc(Cl)cc1. The Bertz CT molecular complexity index is 1100. The zero-order valence-corrected chi connectivity index (χ0v) is 20.7. The highest BCUT2D eigenvalue weighted by Gasteiger charge is 2.20. The van der Waals surface area contributed by atoms with Crippen LogP contribution in [0.25, 0.3) is 0 Å². The summed E-state index contributed by atoms with van der Waals surface area (Å²) < 4.78 is 1.90. The Morgan fingerprint density at radius 2 is 1.70 bits per heavy atom. The number of hydrogen-bond acceptors (Lipinski definition) is 5. The van der Waals surface area contributed by atoms with Crippen LogP contribution in [0, 0.1) is 0 Å². The second kappa shape index (κ2) is 11.3. The van der Waals surface area contributed by atoms with Crippen molar-refractivity contribution >= 4 is 40.9 Å². The first-order valence-corrected chi connectivity index (χ1v) is 12.2. The monoisotopic (exact) mass is 485 g/mol. The van der Waals surface area contributed by atoms with E-state index in [0.717, 1.165) is 5.69 Å². The average molecular weight is 486 g/mol. The van der Waals surface area contributed by atoms with E-state index in [2.05, 4.69) is 34.7 Å². The smallest absolute Gasteiger partial charge is 0.251 e. The fourth-order valence-corrected chi connectivity index (χ4v) is 4.18. The van der Waals surface area contributed by atoms with E-state index in [1.165, 1.54) is 17.3 Å². The van der Waals surface area contributed by atoms with Gasteiger partial charge in [-0.3, -0.25) is 9.59 Å². The van der Waals surface area contributed by atoms with E-state index in [0.29, 0.717) is 34.0 Å². The van der Waals surface area contributed by atoms with E-state index in [-0.39, 0.29) is 23.6 Å². The molecule has 2 amide bonds. The molecule has 0 unspecified atom stereocenters. The Balaban J connectivity index is 1.59. The van der Waals surface area contributed by atoms with Crippen LogP contribution in [0.5, 0.6) is 0 Å². The van der Waals surface area contributed by atoms with E-state index >= 15 is 0 Å². The lowest BCUT2D eigenvalue weighted by Crippen LogP contribution is -2.28. The maximum absolute atomic E-state index is 12.5. The number of nitrogens with one attached hydrogen (secondary N) is 2. The van der Waals surface area contributed by atoms with E-state index in [4.69, 9.17) is 11.6 Å². The molecule has 3 rings (SSSR count). The molecule has 33 heavy (non-hydrogen) atoms. The van der Waals surface area contributed by atoms with E-state index in [1.54, 1.807) is 24.3 Å². The van der Waals surface area contributed by atoms with Crippen LogP contribution < -0.4 is 10.6 Å². The third kappa shape index (κ3) is 6.58. The van der Waals surface area contributed by atoms with Gasteiger partial charge in [0.25, 0.3) is 5.91 Å². The van der Waals surface area contributed by atoms with Crippen LogP contribution >= 0.6 is 23.4 Å². The molecule has 0 saturated heterocycles. The van der Waals surface area contributed by atoms with Crippen LogP contribution in [0.2, 0.25) is 5.02 Å². The van der Waals surface area contributed by atoms with Gasteiger partial charge in [0.2, 0.25) is 5.91 Å². The molecule has 9 heteroatoms. The summed E-state index contributed by atoms with van der Waals surface area (Å²) in [5.41, 5.74) is 2.51. The number of anilines is 1. The van der Waals surface area contributed by atoms with Gasteiger partial charge in [-0.25, -0.2) is 0 Å². The van der Waals surface area contributed by atoms with Crippen molar-refractivity contribution in [3.8, 4) is 0 Å². The Morgan fingerprint density at radius 1 is 1.03 bits per heavy atom. The average Bonchev–Trinajstić information content (AvgIpc) is 3.21. The largest absolute Gasteiger partial charge is 0.342 e. The van der Waals surface area contributed by atoms with Crippen LogP contribution in [-0.2, 0) is 11.3 Å². The fraction of sp³-hybridized carbons (Fsp3) is 0.333. The number of aromatic nitrogens is 3. The van der Waals surface area contributed by atoms with Gasteiger partial charge >= 0.3 is 0 Å². The Morgan fingerprint density at radius 3 is 2.30 bits per heavy atom. The molecule has 1 atom stereocenters. The van der Waals surface area contributed by atoms with Gasteiger partial charge in [0.1, 0.15) is 0 Å². The van der Waals surface area contributed by atoms with Gasteiger partial charge in [-0.1, -0.05) is 49.3 Å². The molecule has 3 aromatic rings. The Hall–Kier alpha value is -2.84. The second-order valence-electron chi connectivity index (χ2n) is 7.90. The summed E-state index contributed by atoms with van der Waals surface area (Å²) in [6.45, 7) is 8.70. The van der Waals surface area contributed by atoms with Crippen molar-refractivity contribution < 1.29 is 9.59 Å². The van der Waals surface area contributed by atoms with Crippen LogP contribution in [0.3, 0.4) is 0 Å². The molecule has 1 aromatic heterocycles. The molecule has 0 aliphatic heterocycles. The number of nitrogens with zero attached hydrogens (tertiary/aromatic N) is 3. The maximum Gasteiger partial charge on any atom is 0.251 e. The number of thioether (sulfide) groups is 1. The van der Waals surface area contributed by atoms with Crippen LogP contribution in [-0.4, -0.2) is 32.3 Å². The fourth-order valence-electron chi connectivity index (χ4n) is 3.25. The molecule has 0 aliphatic rings. The molecule has 0 bridgehead atoms. The van der Waals surface area contributed by atoms with E-state index < -0.39 is 0 Å². The van der Waals surface area contributed by atoms with Crippen molar-refractivity contribution in [2.24, 2.45) is 0 Å². The number of carbonyl (C=O) groups is 2. The Labute approximate surface area is 203 Å². The molecule has 0 aliphatic carbocycles. The van der Waals surface area contributed by atoms with E-state index in [1.807, 2.05) is 42.7 Å². The second-order valence-corrected chi connectivity index (χ2v) is 9.28. The number of halogens is 1. The van der Waals surface area contributed by atoms with Crippen molar-refractivity contribution in [2.75, 3.05) is 11.1 Å². The number of benzene rings is 2. The third-order valence-corrected chi connectivity index (χ3v) is 6.32. The van der Waals surface area contributed by atoms with Gasteiger partial charge in [0, 0.05) is 22.8 Å². The standard InChI is InChI=1S/C24H28ClN5O2S/c1-5-30-22(16(4)26-23(32)18-6-10-19(25)11-7-18)28-29-24(30)33-14-21(31)27-20-12-8-17(9-13-20)15(2)3/h6-13,15-16H,5,14H2,1-4H3,(H,26,32)(H,27,31)/t16-/m1/s1. The van der Waals surface area contributed by atoms with Crippen molar-refractivity contribution in [1.82, 2.24) is 20.1 Å². The topological polar surface area (TPSA) is 88.9 Å². The first-order valence-electron chi connectivity index (χ1n) is 10.8. The van der Waals surface area contributed by atoms with Crippen LogP contribution in [0.4, 0.5) is 5.69 Å². The summed E-state index contributed by atoms with van der Waals surface area (Å²) in [5, 5.41) is 15.5. The third-order valence-electron chi connectivity index (χ3n) is 5.10. The predicted molar refractivity (Wildman–Crippen MR) is 133 cm³/mol. The van der Waals surface area contributed by atoms with Crippen molar-refractivity contribution in [3.05, 3.63) is 70.5 Å². The number of rotatable bonds is 9. The highest BCUT2D eigenvalue weighted by Crippen LogP contribution is 2.22. The molecule has 0 spiro atoms. The lowest BCUT2D eigenvalue weighted by Gasteiger charge is -2.15. The molecular weight excluding hydrogens is 458 g/mol. The molecule has 0 radical (unpaired) electrons. The van der Waals surface area contributed by atoms with Gasteiger partial charge in [-0.2, -0.15) is 0 Å². The molecule has 2 aromatic carbocycles. The minimum atomic E-state index is -0.358. The Kier molecular flexibility index (Phi) is 8.52. The number of hydrogen-bond donors (Lipinski definition) is 2. The highest BCUT2D eigenvalue weighted by molar-refractivity contribution is 7.99. The first-order chi connectivity index (χ1) is 15.8. The van der Waals surface area contributed by atoms with Gasteiger partial charge in [-0.05, 0) is 61.7 Å². The van der Waals surface area contributed by atoms with Crippen molar-refractivity contribution in [1.29, 1.82) is 0 Å². The zero-order chi connectivity index (χ0) is 24.0. The zero-order valence-electron chi connectivity index (χ0n) is 19.1. The van der Waals surface area contributed by atoms with Crippen molar-refractivity contribution in [3.63, 3.8) is 0 Å². The molecule has 174 valence electrons. The van der Waals surface area contributed by atoms with E-state index in [9.17, 15) is 9.59 Å². The number of amides is 2. The predicted octanol–water partition coefficient (Wildman–Crippen LogP) is 5.30. The molecule has 7 nitrogen and oxygen atoms in total. The maximum atomic E-state index is 12.5. The quantitative estimate of drug-likeness (QED) is 0.401. The lowest BCUT2D eigenvalue weighted by molar-refractivity contribution is -0.113. The summed E-state index contributed by atoms with van der Waals surface area (Å²) in [6, 6.07) is 14.2. The van der Waals surface area contributed by atoms with Gasteiger partial charge in [0.05, 0.1) is 11.8 Å². The normalized spacial score (nSPS) is 11.9. The molecule has 0 fully saturated rings. The van der Waals surface area contributed by atoms with Crippen molar-refractivity contribution in [2.45, 2.75) is 51.4 Å². The molecule has 0 saturated carbocycles. The summed E-state index contributed by atoms with van der Waals surface area (Å²) in [5.74, 6) is 0.941. The van der Waals surface area contributed by atoms with Crippen LogP contribution in [0.15, 0.2) is 53.7 Å². The number of carbonyl (C=O) groups excluding carboxylic acids is 2. The van der Waals surface area contributed by atoms with Gasteiger partial charge in [0.15, 0.2) is 11.0 Å². The first kappa shape index (κ1) is 24.8. The summed E-state index contributed by atoms with van der Waals surface area (Å²) in [7, 11) is 0. The molecule has 2 N–H and O–H groups in total. The van der Waals surface area contributed by atoms with Crippen LogP contribution in [0.1, 0.15) is 61.4 Å². The summed E-state index contributed by atoms with van der Waals surface area (Å²) in [4.78, 5) is 24.9. The molecular formula is C24H28ClN5O2S.